The lowest BCUT2D eigenvalue weighted by Gasteiger charge is -2.26. The SMILES string of the molecule is CC1CCC(c2ccc(-c3cc(F)c(OC(F)F)c(F)c3)cc2)CC1. The quantitative estimate of drug-likeness (QED) is 0.569. The van der Waals surface area contributed by atoms with E-state index in [1.807, 2.05) is 24.3 Å². The molecule has 0 saturated heterocycles. The monoisotopic (exact) mass is 352 g/mol. The molecule has 0 bridgehead atoms. The molecule has 0 atom stereocenters. The van der Waals surface area contributed by atoms with Crippen LogP contribution in [-0.2, 0) is 0 Å². The molecule has 0 radical (unpaired) electrons. The number of hydrogen-bond donors (Lipinski definition) is 0. The van der Waals surface area contributed by atoms with Gasteiger partial charge in [-0.1, -0.05) is 44.0 Å². The Bertz CT molecular complexity index is 696. The Balaban J connectivity index is 1.80. The van der Waals surface area contributed by atoms with Crippen molar-refractivity contribution in [2.24, 2.45) is 5.92 Å². The molecule has 2 aromatic rings. The van der Waals surface area contributed by atoms with Crippen molar-refractivity contribution in [1.82, 2.24) is 0 Å². The first-order valence-electron chi connectivity index (χ1n) is 8.48. The first kappa shape index (κ1) is 17.8. The Morgan fingerprint density at radius 1 is 0.880 bits per heavy atom. The second-order valence-corrected chi connectivity index (χ2v) is 6.73. The van der Waals surface area contributed by atoms with Crippen LogP contribution >= 0.6 is 0 Å². The van der Waals surface area contributed by atoms with Crippen molar-refractivity contribution in [3.63, 3.8) is 0 Å². The molecule has 3 rings (SSSR count). The molecule has 134 valence electrons. The van der Waals surface area contributed by atoms with Gasteiger partial charge >= 0.3 is 6.61 Å². The van der Waals surface area contributed by atoms with E-state index in [-0.39, 0.29) is 0 Å². The summed E-state index contributed by atoms with van der Waals surface area (Å²) in [5, 5.41) is 0. The van der Waals surface area contributed by atoms with E-state index in [4.69, 9.17) is 0 Å². The van der Waals surface area contributed by atoms with Crippen molar-refractivity contribution >= 4 is 0 Å². The van der Waals surface area contributed by atoms with Crippen LogP contribution in [0.2, 0.25) is 0 Å². The van der Waals surface area contributed by atoms with Gasteiger partial charge in [-0.2, -0.15) is 8.78 Å². The van der Waals surface area contributed by atoms with Gasteiger partial charge in [0.1, 0.15) is 0 Å². The molecule has 0 aliphatic heterocycles. The normalized spacial score (nSPS) is 20.7. The molecule has 2 aromatic carbocycles. The van der Waals surface area contributed by atoms with E-state index in [1.165, 1.54) is 18.4 Å². The Morgan fingerprint density at radius 3 is 1.96 bits per heavy atom. The molecule has 0 N–H and O–H groups in total. The summed E-state index contributed by atoms with van der Waals surface area (Å²) in [5.41, 5.74) is 2.16. The molecule has 0 unspecified atom stereocenters. The molecule has 1 aliphatic carbocycles. The van der Waals surface area contributed by atoms with Crippen molar-refractivity contribution < 1.29 is 22.3 Å². The van der Waals surface area contributed by atoms with Crippen LogP contribution in [0.3, 0.4) is 0 Å². The van der Waals surface area contributed by atoms with Gasteiger partial charge in [0.15, 0.2) is 17.4 Å². The molecule has 25 heavy (non-hydrogen) atoms. The average Bonchev–Trinajstić information content (AvgIpc) is 2.59. The summed E-state index contributed by atoms with van der Waals surface area (Å²) >= 11 is 0. The Hall–Kier alpha value is -2.04. The number of benzene rings is 2. The van der Waals surface area contributed by atoms with E-state index in [1.54, 1.807) is 0 Å². The maximum absolute atomic E-state index is 13.9. The van der Waals surface area contributed by atoms with Crippen molar-refractivity contribution in [1.29, 1.82) is 0 Å². The topological polar surface area (TPSA) is 9.23 Å². The molecular weight excluding hydrogens is 332 g/mol. The maximum atomic E-state index is 13.9. The van der Waals surface area contributed by atoms with Gasteiger partial charge in [0.05, 0.1) is 0 Å². The van der Waals surface area contributed by atoms with E-state index >= 15 is 0 Å². The number of hydrogen-bond acceptors (Lipinski definition) is 1. The van der Waals surface area contributed by atoms with Gasteiger partial charge in [-0.15, -0.1) is 0 Å². The summed E-state index contributed by atoms with van der Waals surface area (Å²) in [4.78, 5) is 0. The Kier molecular flexibility index (Phi) is 5.30. The molecule has 1 aliphatic rings. The molecule has 1 saturated carbocycles. The standard InChI is InChI=1S/C20H20F4O/c1-12-2-4-13(5-3-12)14-6-8-15(9-7-14)16-10-17(21)19(18(22)11-16)25-20(23)24/h6-13,20H,2-5H2,1H3. The highest BCUT2D eigenvalue weighted by atomic mass is 19.3. The molecule has 0 spiro atoms. The summed E-state index contributed by atoms with van der Waals surface area (Å²) in [6.07, 6.45) is 4.75. The molecule has 1 fully saturated rings. The average molecular weight is 352 g/mol. The number of ether oxygens (including phenoxy) is 1. The Morgan fingerprint density at radius 2 is 1.44 bits per heavy atom. The minimum Gasteiger partial charge on any atom is -0.429 e. The summed E-state index contributed by atoms with van der Waals surface area (Å²) in [6.45, 7) is -1.00. The van der Waals surface area contributed by atoms with Crippen molar-refractivity contribution in [3.8, 4) is 16.9 Å². The van der Waals surface area contributed by atoms with Gasteiger partial charge < -0.3 is 4.74 Å². The third-order valence-corrected chi connectivity index (χ3v) is 4.94. The second-order valence-electron chi connectivity index (χ2n) is 6.73. The zero-order valence-electron chi connectivity index (χ0n) is 13.9. The molecule has 0 amide bonds. The molecule has 5 heteroatoms. The highest BCUT2D eigenvalue weighted by Crippen LogP contribution is 2.36. The van der Waals surface area contributed by atoms with Gasteiger partial charge in [0.25, 0.3) is 0 Å². The van der Waals surface area contributed by atoms with Crippen LogP contribution in [0, 0.1) is 17.6 Å². The lowest BCUT2D eigenvalue weighted by molar-refractivity contribution is -0.0546. The smallest absolute Gasteiger partial charge is 0.387 e. The lowest BCUT2D eigenvalue weighted by atomic mass is 9.79. The highest BCUT2D eigenvalue weighted by molar-refractivity contribution is 5.65. The van der Waals surface area contributed by atoms with Gasteiger partial charge in [-0.3, -0.25) is 0 Å². The van der Waals surface area contributed by atoms with Crippen molar-refractivity contribution in [2.45, 2.75) is 45.1 Å². The first-order chi connectivity index (χ1) is 11.9. The van der Waals surface area contributed by atoms with E-state index in [0.717, 1.165) is 30.9 Å². The van der Waals surface area contributed by atoms with Crippen LogP contribution in [0.4, 0.5) is 17.6 Å². The van der Waals surface area contributed by atoms with E-state index < -0.39 is 24.0 Å². The predicted molar refractivity (Wildman–Crippen MR) is 88.8 cm³/mol. The maximum Gasteiger partial charge on any atom is 0.387 e. The third kappa shape index (κ3) is 4.14. The zero-order chi connectivity index (χ0) is 18.0. The minimum atomic E-state index is -3.27. The highest BCUT2D eigenvalue weighted by Gasteiger charge is 2.20. The van der Waals surface area contributed by atoms with Gasteiger partial charge in [-0.05, 0) is 53.5 Å². The summed E-state index contributed by atoms with van der Waals surface area (Å²) in [6, 6.07) is 9.62. The van der Waals surface area contributed by atoms with Crippen LogP contribution in [0.15, 0.2) is 36.4 Å². The van der Waals surface area contributed by atoms with Crippen molar-refractivity contribution in [3.05, 3.63) is 53.6 Å². The number of alkyl halides is 2. The van der Waals surface area contributed by atoms with E-state index in [0.29, 0.717) is 17.0 Å². The molecule has 0 aromatic heterocycles. The summed E-state index contributed by atoms with van der Waals surface area (Å²) < 4.78 is 56.0. The van der Waals surface area contributed by atoms with Crippen LogP contribution in [0.25, 0.3) is 11.1 Å². The molecular formula is C20H20F4O. The fourth-order valence-corrected chi connectivity index (χ4v) is 3.47. The van der Waals surface area contributed by atoms with Gasteiger partial charge in [0.2, 0.25) is 0 Å². The second kappa shape index (κ2) is 7.46. The Labute approximate surface area is 144 Å². The fourth-order valence-electron chi connectivity index (χ4n) is 3.47. The molecule has 0 heterocycles. The van der Waals surface area contributed by atoms with Crippen LogP contribution in [0.5, 0.6) is 5.75 Å². The van der Waals surface area contributed by atoms with Crippen LogP contribution < -0.4 is 4.74 Å². The van der Waals surface area contributed by atoms with Gasteiger partial charge in [0, 0.05) is 0 Å². The van der Waals surface area contributed by atoms with Crippen LogP contribution in [0.1, 0.15) is 44.1 Å². The predicted octanol–water partition coefficient (Wildman–Crippen LogP) is 6.53. The zero-order valence-corrected chi connectivity index (χ0v) is 13.9. The minimum absolute atomic E-state index is 0.292. The van der Waals surface area contributed by atoms with Crippen LogP contribution in [-0.4, -0.2) is 6.61 Å². The van der Waals surface area contributed by atoms with E-state index in [9.17, 15) is 17.6 Å². The molecule has 1 nitrogen and oxygen atoms in total. The number of halogens is 4. The summed E-state index contributed by atoms with van der Waals surface area (Å²) in [5.74, 6) is -2.02. The lowest BCUT2D eigenvalue weighted by Crippen LogP contribution is -2.10. The van der Waals surface area contributed by atoms with Gasteiger partial charge in [-0.25, -0.2) is 8.78 Å². The first-order valence-corrected chi connectivity index (χ1v) is 8.48. The van der Waals surface area contributed by atoms with E-state index in [2.05, 4.69) is 11.7 Å². The third-order valence-electron chi connectivity index (χ3n) is 4.94. The largest absolute Gasteiger partial charge is 0.429 e. The number of rotatable bonds is 4. The van der Waals surface area contributed by atoms with Crippen molar-refractivity contribution in [2.75, 3.05) is 0 Å². The summed E-state index contributed by atoms with van der Waals surface area (Å²) in [7, 11) is 0. The fraction of sp³-hybridized carbons (Fsp3) is 0.400.